The number of carboxylic acids is 1. The SMILES string of the molecule is CC(CCC(=O)O)NC(=O)c1ccc(Cl)c(F)c1. The van der Waals surface area contributed by atoms with Crippen LogP contribution in [0.5, 0.6) is 0 Å². The standard InChI is InChI=1S/C12H13ClFNO3/c1-7(2-5-11(16)17)15-12(18)8-3-4-9(13)10(14)6-8/h3-4,6-7H,2,5H2,1H3,(H,15,18)(H,16,17). The molecule has 0 aliphatic carbocycles. The lowest BCUT2D eigenvalue weighted by Crippen LogP contribution is -2.33. The molecule has 0 aliphatic rings. The Kier molecular flexibility index (Phi) is 5.09. The van der Waals surface area contributed by atoms with Crippen LogP contribution in [0.15, 0.2) is 18.2 Å². The molecule has 1 unspecified atom stereocenters. The van der Waals surface area contributed by atoms with Crippen molar-refractivity contribution in [3.8, 4) is 0 Å². The molecule has 1 aromatic rings. The number of benzene rings is 1. The summed E-state index contributed by atoms with van der Waals surface area (Å²) in [5.74, 6) is -2.04. The van der Waals surface area contributed by atoms with Crippen LogP contribution in [-0.4, -0.2) is 23.0 Å². The lowest BCUT2D eigenvalue weighted by molar-refractivity contribution is -0.137. The maximum atomic E-state index is 13.1. The molecule has 0 bridgehead atoms. The smallest absolute Gasteiger partial charge is 0.303 e. The topological polar surface area (TPSA) is 66.4 Å². The number of carbonyl (C=O) groups excluding carboxylic acids is 1. The fourth-order valence-electron chi connectivity index (χ4n) is 1.36. The zero-order valence-electron chi connectivity index (χ0n) is 9.74. The summed E-state index contributed by atoms with van der Waals surface area (Å²) >= 11 is 5.50. The van der Waals surface area contributed by atoms with Gasteiger partial charge in [-0.15, -0.1) is 0 Å². The van der Waals surface area contributed by atoms with Gasteiger partial charge in [0.25, 0.3) is 5.91 Å². The second-order valence-electron chi connectivity index (χ2n) is 3.94. The number of halogens is 2. The first-order valence-electron chi connectivity index (χ1n) is 5.38. The Balaban J connectivity index is 2.59. The average molecular weight is 274 g/mol. The molecule has 6 heteroatoms. The predicted octanol–water partition coefficient (Wildman–Crippen LogP) is 2.46. The van der Waals surface area contributed by atoms with Crippen LogP contribution in [0.1, 0.15) is 30.1 Å². The molecule has 0 aromatic heterocycles. The van der Waals surface area contributed by atoms with Crippen molar-refractivity contribution in [1.29, 1.82) is 0 Å². The van der Waals surface area contributed by atoms with Gasteiger partial charge in [-0.25, -0.2) is 4.39 Å². The minimum Gasteiger partial charge on any atom is -0.481 e. The lowest BCUT2D eigenvalue weighted by atomic mass is 10.1. The second kappa shape index (κ2) is 6.35. The van der Waals surface area contributed by atoms with E-state index in [1.54, 1.807) is 6.92 Å². The minimum absolute atomic E-state index is 0.0313. The van der Waals surface area contributed by atoms with E-state index >= 15 is 0 Å². The Morgan fingerprint density at radius 1 is 1.50 bits per heavy atom. The first-order valence-corrected chi connectivity index (χ1v) is 5.75. The first kappa shape index (κ1) is 14.4. The molecule has 1 rings (SSSR count). The molecule has 0 saturated carbocycles. The van der Waals surface area contributed by atoms with Crippen molar-refractivity contribution >= 4 is 23.5 Å². The van der Waals surface area contributed by atoms with Crippen molar-refractivity contribution in [3.63, 3.8) is 0 Å². The third kappa shape index (κ3) is 4.33. The second-order valence-corrected chi connectivity index (χ2v) is 4.34. The summed E-state index contributed by atoms with van der Waals surface area (Å²) in [7, 11) is 0. The third-order valence-corrected chi connectivity index (χ3v) is 2.66. The highest BCUT2D eigenvalue weighted by Crippen LogP contribution is 2.15. The zero-order chi connectivity index (χ0) is 13.7. The molecule has 2 N–H and O–H groups in total. The number of carbonyl (C=O) groups is 2. The molecule has 1 atom stereocenters. The number of amides is 1. The average Bonchev–Trinajstić information content (AvgIpc) is 2.30. The van der Waals surface area contributed by atoms with Gasteiger partial charge in [0.2, 0.25) is 0 Å². The highest BCUT2D eigenvalue weighted by atomic mass is 35.5. The monoisotopic (exact) mass is 273 g/mol. The molecule has 1 aromatic carbocycles. The molecule has 0 saturated heterocycles. The van der Waals surface area contributed by atoms with Gasteiger partial charge in [0.1, 0.15) is 5.82 Å². The Hall–Kier alpha value is -1.62. The zero-order valence-corrected chi connectivity index (χ0v) is 10.5. The summed E-state index contributed by atoms with van der Waals surface area (Å²) in [6.45, 7) is 1.69. The van der Waals surface area contributed by atoms with Crippen molar-refractivity contribution in [2.75, 3.05) is 0 Å². The van der Waals surface area contributed by atoms with Crippen molar-refractivity contribution < 1.29 is 19.1 Å². The van der Waals surface area contributed by atoms with Gasteiger partial charge < -0.3 is 10.4 Å². The van der Waals surface area contributed by atoms with Crippen LogP contribution in [0.3, 0.4) is 0 Å². The van der Waals surface area contributed by atoms with E-state index in [0.717, 1.165) is 6.07 Å². The molecule has 18 heavy (non-hydrogen) atoms. The Morgan fingerprint density at radius 3 is 2.72 bits per heavy atom. The van der Waals surface area contributed by atoms with E-state index in [9.17, 15) is 14.0 Å². The maximum Gasteiger partial charge on any atom is 0.303 e. The van der Waals surface area contributed by atoms with Gasteiger partial charge >= 0.3 is 5.97 Å². The number of aliphatic carboxylic acids is 1. The number of hydrogen-bond acceptors (Lipinski definition) is 2. The number of carboxylic acid groups (broad SMARTS) is 1. The summed E-state index contributed by atoms with van der Waals surface area (Å²) in [6, 6.07) is 3.45. The largest absolute Gasteiger partial charge is 0.481 e. The van der Waals surface area contributed by atoms with Crippen LogP contribution >= 0.6 is 11.6 Å². The van der Waals surface area contributed by atoms with Crippen molar-refractivity contribution in [1.82, 2.24) is 5.32 Å². The molecule has 0 radical (unpaired) electrons. The third-order valence-electron chi connectivity index (χ3n) is 2.35. The van der Waals surface area contributed by atoms with Crippen LogP contribution in [0.4, 0.5) is 4.39 Å². The van der Waals surface area contributed by atoms with Gasteiger partial charge in [0.15, 0.2) is 0 Å². The van der Waals surface area contributed by atoms with Crippen molar-refractivity contribution in [2.45, 2.75) is 25.8 Å². The molecular weight excluding hydrogens is 261 g/mol. The van der Waals surface area contributed by atoms with Crippen molar-refractivity contribution in [3.05, 3.63) is 34.6 Å². The molecule has 98 valence electrons. The van der Waals surface area contributed by atoms with Gasteiger partial charge in [0, 0.05) is 18.0 Å². The predicted molar refractivity (Wildman–Crippen MR) is 65.2 cm³/mol. The van der Waals surface area contributed by atoms with Gasteiger partial charge in [-0.2, -0.15) is 0 Å². The van der Waals surface area contributed by atoms with E-state index in [4.69, 9.17) is 16.7 Å². The maximum absolute atomic E-state index is 13.1. The normalized spacial score (nSPS) is 11.9. The molecule has 0 fully saturated rings. The Bertz CT molecular complexity index is 465. The summed E-state index contributed by atoms with van der Waals surface area (Å²) in [5, 5.41) is 11.0. The summed E-state index contributed by atoms with van der Waals surface area (Å²) in [6.07, 6.45) is 0.285. The molecule has 0 spiro atoms. The van der Waals surface area contributed by atoms with E-state index in [-0.39, 0.29) is 23.0 Å². The summed E-state index contributed by atoms with van der Waals surface area (Å²) in [5.41, 5.74) is 0.152. The summed E-state index contributed by atoms with van der Waals surface area (Å²) < 4.78 is 13.1. The molecule has 4 nitrogen and oxygen atoms in total. The van der Waals surface area contributed by atoms with Crippen LogP contribution in [0.25, 0.3) is 0 Å². The number of nitrogens with one attached hydrogen (secondary N) is 1. The Morgan fingerprint density at radius 2 is 2.17 bits per heavy atom. The fourth-order valence-corrected chi connectivity index (χ4v) is 1.47. The lowest BCUT2D eigenvalue weighted by Gasteiger charge is -2.12. The van der Waals surface area contributed by atoms with Gasteiger partial charge in [-0.1, -0.05) is 11.6 Å². The van der Waals surface area contributed by atoms with E-state index in [1.165, 1.54) is 12.1 Å². The molecule has 0 heterocycles. The fraction of sp³-hybridized carbons (Fsp3) is 0.333. The minimum atomic E-state index is -0.923. The van der Waals surface area contributed by atoms with E-state index < -0.39 is 17.7 Å². The molecule has 1 amide bonds. The number of rotatable bonds is 5. The highest BCUT2D eigenvalue weighted by Gasteiger charge is 2.12. The van der Waals surface area contributed by atoms with Crippen LogP contribution < -0.4 is 5.32 Å². The molecule has 0 aliphatic heterocycles. The van der Waals surface area contributed by atoms with E-state index in [0.29, 0.717) is 6.42 Å². The van der Waals surface area contributed by atoms with Gasteiger partial charge in [-0.3, -0.25) is 9.59 Å². The van der Waals surface area contributed by atoms with Crippen LogP contribution in [-0.2, 0) is 4.79 Å². The van der Waals surface area contributed by atoms with E-state index in [2.05, 4.69) is 5.32 Å². The Labute approximate surface area is 109 Å². The first-order chi connectivity index (χ1) is 8.40. The van der Waals surface area contributed by atoms with E-state index in [1.807, 2.05) is 0 Å². The quantitative estimate of drug-likeness (QED) is 0.866. The van der Waals surface area contributed by atoms with Crippen LogP contribution in [0, 0.1) is 5.82 Å². The highest BCUT2D eigenvalue weighted by molar-refractivity contribution is 6.30. The van der Waals surface area contributed by atoms with Crippen LogP contribution in [0.2, 0.25) is 5.02 Å². The van der Waals surface area contributed by atoms with Gasteiger partial charge in [-0.05, 0) is 31.5 Å². The summed E-state index contributed by atoms with van der Waals surface area (Å²) in [4.78, 5) is 22.1. The number of hydrogen-bond donors (Lipinski definition) is 2. The van der Waals surface area contributed by atoms with Gasteiger partial charge in [0.05, 0.1) is 5.02 Å². The van der Waals surface area contributed by atoms with Crippen molar-refractivity contribution in [2.24, 2.45) is 0 Å². The molecular formula is C12H13ClFNO3.